The lowest BCUT2D eigenvalue weighted by molar-refractivity contribution is -0.137. The fourth-order valence-electron chi connectivity index (χ4n) is 1.55. The highest BCUT2D eigenvalue weighted by Gasteiger charge is 2.31. The predicted molar refractivity (Wildman–Crippen MR) is 45.0 cm³/mol. The highest BCUT2D eigenvalue weighted by atomic mass is 16.5. The van der Waals surface area contributed by atoms with Crippen LogP contribution in [0.4, 0.5) is 0 Å². The van der Waals surface area contributed by atoms with Crippen molar-refractivity contribution in [2.24, 2.45) is 5.41 Å². The Balaban J connectivity index is 2.24. The van der Waals surface area contributed by atoms with Crippen LogP contribution in [0.3, 0.4) is 0 Å². The molecule has 1 aliphatic rings. The van der Waals surface area contributed by atoms with Crippen molar-refractivity contribution in [1.82, 2.24) is 0 Å². The first-order chi connectivity index (χ1) is 5.49. The van der Waals surface area contributed by atoms with Crippen LogP contribution in [-0.4, -0.2) is 23.8 Å². The molecule has 0 amide bonds. The highest BCUT2D eigenvalue weighted by molar-refractivity contribution is 5.66. The fourth-order valence-corrected chi connectivity index (χ4v) is 1.55. The largest absolute Gasteiger partial charge is 0.481 e. The summed E-state index contributed by atoms with van der Waals surface area (Å²) in [5, 5.41) is 8.45. The second kappa shape index (κ2) is 3.44. The Labute approximate surface area is 72.7 Å². The number of hydrogen-bond acceptors (Lipinski definition) is 2. The van der Waals surface area contributed by atoms with Gasteiger partial charge in [-0.1, -0.05) is 13.8 Å². The molecular weight excluding hydrogens is 156 g/mol. The molecule has 0 aromatic heterocycles. The Morgan fingerprint density at radius 3 is 2.75 bits per heavy atom. The smallest absolute Gasteiger partial charge is 0.303 e. The third-order valence-electron chi connectivity index (χ3n) is 2.17. The average Bonchev–Trinajstić information content (AvgIpc) is 2.26. The molecule has 1 aliphatic heterocycles. The molecular formula is C9H16O3. The number of rotatable bonds is 3. The maximum Gasteiger partial charge on any atom is 0.303 e. The van der Waals surface area contributed by atoms with Crippen LogP contribution in [0.2, 0.25) is 0 Å². The van der Waals surface area contributed by atoms with Gasteiger partial charge in [-0.25, -0.2) is 0 Å². The summed E-state index contributed by atoms with van der Waals surface area (Å²) in [6.07, 6.45) is 2.02. The molecule has 0 radical (unpaired) electrons. The second-order valence-corrected chi connectivity index (χ2v) is 4.23. The van der Waals surface area contributed by atoms with E-state index in [0.717, 1.165) is 13.0 Å². The lowest BCUT2D eigenvalue weighted by Crippen LogP contribution is -2.11. The lowest BCUT2D eigenvalue weighted by Gasteiger charge is -2.13. The van der Waals surface area contributed by atoms with Crippen molar-refractivity contribution in [3.05, 3.63) is 0 Å². The highest BCUT2D eigenvalue weighted by Crippen LogP contribution is 2.33. The number of carboxylic acid groups (broad SMARTS) is 1. The number of carbonyl (C=O) groups is 1. The summed E-state index contributed by atoms with van der Waals surface area (Å²) in [5.41, 5.74) is 0.239. The SMILES string of the molecule is CC1(C)CO[C@@H](CCC(=O)O)C1. The molecule has 1 heterocycles. The van der Waals surface area contributed by atoms with Crippen molar-refractivity contribution in [2.45, 2.75) is 39.2 Å². The minimum Gasteiger partial charge on any atom is -0.481 e. The molecule has 0 aromatic rings. The van der Waals surface area contributed by atoms with Gasteiger partial charge in [0, 0.05) is 6.42 Å². The molecule has 0 saturated carbocycles. The van der Waals surface area contributed by atoms with E-state index in [1.807, 2.05) is 0 Å². The zero-order valence-electron chi connectivity index (χ0n) is 7.67. The van der Waals surface area contributed by atoms with Gasteiger partial charge in [0.2, 0.25) is 0 Å². The molecule has 0 aliphatic carbocycles. The third kappa shape index (κ3) is 2.81. The van der Waals surface area contributed by atoms with Gasteiger partial charge in [0.25, 0.3) is 0 Å². The molecule has 0 spiro atoms. The van der Waals surface area contributed by atoms with Gasteiger partial charge < -0.3 is 9.84 Å². The van der Waals surface area contributed by atoms with Crippen molar-refractivity contribution in [2.75, 3.05) is 6.61 Å². The van der Waals surface area contributed by atoms with Gasteiger partial charge in [-0.05, 0) is 18.3 Å². The molecule has 0 bridgehead atoms. The van der Waals surface area contributed by atoms with E-state index in [4.69, 9.17) is 9.84 Å². The standard InChI is InChI=1S/C9H16O3/c1-9(2)5-7(12-6-9)3-4-8(10)11/h7H,3-6H2,1-2H3,(H,10,11)/t7-/m0/s1. The van der Waals surface area contributed by atoms with E-state index in [-0.39, 0.29) is 17.9 Å². The predicted octanol–water partition coefficient (Wildman–Crippen LogP) is 1.67. The van der Waals surface area contributed by atoms with Crippen molar-refractivity contribution < 1.29 is 14.6 Å². The van der Waals surface area contributed by atoms with Crippen molar-refractivity contribution in [3.63, 3.8) is 0 Å². The summed E-state index contributed by atoms with van der Waals surface area (Å²) >= 11 is 0. The Kier molecular flexibility index (Phi) is 2.73. The van der Waals surface area contributed by atoms with E-state index in [1.165, 1.54) is 0 Å². The van der Waals surface area contributed by atoms with Gasteiger partial charge in [0.1, 0.15) is 0 Å². The molecule has 0 aromatic carbocycles. The van der Waals surface area contributed by atoms with Gasteiger partial charge in [0.15, 0.2) is 0 Å². The van der Waals surface area contributed by atoms with Crippen LogP contribution in [0.25, 0.3) is 0 Å². The molecule has 1 atom stereocenters. The van der Waals surface area contributed by atoms with Crippen LogP contribution < -0.4 is 0 Å². The minimum atomic E-state index is -0.733. The van der Waals surface area contributed by atoms with Crippen LogP contribution in [-0.2, 0) is 9.53 Å². The molecule has 1 saturated heterocycles. The summed E-state index contributed by atoms with van der Waals surface area (Å²) in [6.45, 7) is 5.05. The van der Waals surface area contributed by atoms with Crippen molar-refractivity contribution in [3.8, 4) is 0 Å². The second-order valence-electron chi connectivity index (χ2n) is 4.23. The van der Waals surface area contributed by atoms with Crippen LogP contribution >= 0.6 is 0 Å². The zero-order valence-corrected chi connectivity index (χ0v) is 7.67. The quantitative estimate of drug-likeness (QED) is 0.704. The Morgan fingerprint density at radius 2 is 2.33 bits per heavy atom. The summed E-state index contributed by atoms with van der Waals surface area (Å²) in [4.78, 5) is 10.3. The van der Waals surface area contributed by atoms with E-state index in [1.54, 1.807) is 0 Å². The number of carboxylic acids is 1. The normalized spacial score (nSPS) is 27.3. The minimum absolute atomic E-state index is 0.163. The van der Waals surface area contributed by atoms with Crippen molar-refractivity contribution in [1.29, 1.82) is 0 Å². The van der Waals surface area contributed by atoms with E-state index in [0.29, 0.717) is 6.42 Å². The van der Waals surface area contributed by atoms with Gasteiger partial charge in [-0.3, -0.25) is 4.79 Å². The first-order valence-corrected chi connectivity index (χ1v) is 4.33. The van der Waals surface area contributed by atoms with Crippen LogP contribution in [0.15, 0.2) is 0 Å². The molecule has 1 fully saturated rings. The Morgan fingerprint density at radius 1 is 1.67 bits per heavy atom. The summed E-state index contributed by atoms with van der Waals surface area (Å²) in [7, 11) is 0. The average molecular weight is 172 g/mol. The molecule has 12 heavy (non-hydrogen) atoms. The molecule has 70 valence electrons. The molecule has 3 heteroatoms. The maximum atomic E-state index is 10.3. The van der Waals surface area contributed by atoms with Gasteiger partial charge in [-0.15, -0.1) is 0 Å². The summed E-state index contributed by atoms with van der Waals surface area (Å²) in [6, 6.07) is 0. The topological polar surface area (TPSA) is 46.5 Å². The van der Waals surface area contributed by atoms with Gasteiger partial charge >= 0.3 is 5.97 Å². The zero-order chi connectivity index (χ0) is 9.19. The number of hydrogen-bond donors (Lipinski definition) is 1. The van der Waals surface area contributed by atoms with Crippen LogP contribution in [0, 0.1) is 5.41 Å². The van der Waals surface area contributed by atoms with Crippen molar-refractivity contribution >= 4 is 5.97 Å². The summed E-state index contributed by atoms with van der Waals surface area (Å²) < 4.78 is 5.46. The van der Waals surface area contributed by atoms with Gasteiger partial charge in [0.05, 0.1) is 12.7 Å². The first-order valence-electron chi connectivity index (χ1n) is 4.33. The molecule has 0 unspecified atom stereocenters. The molecule has 1 rings (SSSR count). The van der Waals surface area contributed by atoms with E-state index >= 15 is 0 Å². The first kappa shape index (κ1) is 9.52. The number of aliphatic carboxylic acids is 1. The Bertz CT molecular complexity index is 175. The fraction of sp³-hybridized carbons (Fsp3) is 0.889. The Hall–Kier alpha value is -0.570. The van der Waals surface area contributed by atoms with E-state index in [9.17, 15) is 4.79 Å². The monoisotopic (exact) mass is 172 g/mol. The summed E-state index contributed by atoms with van der Waals surface area (Å²) in [5.74, 6) is -0.733. The maximum absolute atomic E-state index is 10.3. The molecule has 3 nitrogen and oxygen atoms in total. The lowest BCUT2D eigenvalue weighted by atomic mass is 9.89. The van der Waals surface area contributed by atoms with Gasteiger partial charge in [-0.2, -0.15) is 0 Å². The third-order valence-corrected chi connectivity index (χ3v) is 2.17. The van der Waals surface area contributed by atoms with E-state index in [2.05, 4.69) is 13.8 Å². The van der Waals surface area contributed by atoms with Crippen LogP contribution in [0.1, 0.15) is 33.1 Å². The van der Waals surface area contributed by atoms with Crippen LogP contribution in [0.5, 0.6) is 0 Å². The molecule has 1 N–H and O–H groups in total. The number of ether oxygens (including phenoxy) is 1. The van der Waals surface area contributed by atoms with E-state index < -0.39 is 5.97 Å².